The maximum atomic E-state index is 15.0. The van der Waals surface area contributed by atoms with E-state index in [1.54, 1.807) is 18.3 Å². The molecule has 0 bridgehead atoms. The molecule has 1 saturated carbocycles. The van der Waals surface area contributed by atoms with E-state index in [9.17, 15) is 16.8 Å². The second-order valence-electron chi connectivity index (χ2n) is 15.3. The van der Waals surface area contributed by atoms with Gasteiger partial charge in [0.2, 0.25) is 20.0 Å². The summed E-state index contributed by atoms with van der Waals surface area (Å²) < 4.78 is 95.4. The number of rotatable bonds is 8. The maximum Gasteiger partial charge on any atom is 0.495 e. The Balaban J connectivity index is 1.31. The van der Waals surface area contributed by atoms with Gasteiger partial charge in [-0.1, -0.05) is 12.1 Å². The van der Waals surface area contributed by atoms with Crippen molar-refractivity contribution in [3.05, 3.63) is 60.2 Å². The zero-order valence-corrected chi connectivity index (χ0v) is 30.2. The Morgan fingerprint density at radius 2 is 1.38 bits per heavy atom. The van der Waals surface area contributed by atoms with Gasteiger partial charge < -0.3 is 18.6 Å². The molecule has 2 saturated heterocycles. The maximum absolute atomic E-state index is 15.0. The lowest BCUT2D eigenvalue weighted by Gasteiger charge is -2.37. The molecule has 2 aliphatic heterocycles. The number of aromatic nitrogens is 2. The molecule has 0 spiro atoms. The van der Waals surface area contributed by atoms with Crippen LogP contribution in [0.1, 0.15) is 66.9 Å². The van der Waals surface area contributed by atoms with Gasteiger partial charge in [0.05, 0.1) is 45.4 Å². The van der Waals surface area contributed by atoms with Crippen molar-refractivity contribution in [2.24, 2.45) is 5.92 Å². The third-order valence-corrected chi connectivity index (χ3v) is 13.7. The van der Waals surface area contributed by atoms with Crippen molar-refractivity contribution in [2.75, 3.05) is 12.0 Å². The Bertz CT molecular complexity index is 2170. The van der Waals surface area contributed by atoms with Crippen molar-refractivity contribution in [2.45, 2.75) is 90.1 Å². The van der Waals surface area contributed by atoms with Crippen molar-refractivity contribution in [1.29, 1.82) is 0 Å². The Morgan fingerprint density at radius 3 is 2.00 bits per heavy atom. The molecule has 2 aromatic heterocycles. The second-order valence-corrected chi connectivity index (χ2v) is 19.0. The Labute approximate surface area is 282 Å². The van der Waals surface area contributed by atoms with E-state index in [2.05, 4.69) is 0 Å². The summed E-state index contributed by atoms with van der Waals surface area (Å²) in [5.74, 6) is -0.375. The van der Waals surface area contributed by atoms with Crippen molar-refractivity contribution in [3.8, 4) is 0 Å². The first kappa shape index (κ1) is 33.8. The summed E-state index contributed by atoms with van der Waals surface area (Å²) in [5, 5.41) is 1.09. The SMILES string of the molecule is CC1(C)OB(c2c(CC3(C)OB(c4ccc(F)c5c4ccn5S(C)(=O)=O)OC3(C)C)ccc3c2ccn3S(=O)(=O)CC2CC2)OC1(C)C. The minimum Gasteiger partial charge on any atom is -0.399 e. The van der Waals surface area contributed by atoms with Gasteiger partial charge in [-0.05, 0) is 108 Å². The molecule has 256 valence electrons. The highest BCUT2D eigenvalue weighted by molar-refractivity contribution is 7.90. The largest absolute Gasteiger partial charge is 0.495 e. The number of nitrogens with zero attached hydrogens (tertiary/aromatic N) is 2. The molecule has 1 unspecified atom stereocenters. The van der Waals surface area contributed by atoms with Gasteiger partial charge in [-0.25, -0.2) is 29.2 Å². The van der Waals surface area contributed by atoms with Crippen LogP contribution in [0.3, 0.4) is 0 Å². The first-order valence-corrected chi connectivity index (χ1v) is 19.7. The van der Waals surface area contributed by atoms with Gasteiger partial charge in [-0.3, -0.25) is 0 Å². The highest BCUT2D eigenvalue weighted by Gasteiger charge is 2.57. The van der Waals surface area contributed by atoms with Gasteiger partial charge in [0, 0.05) is 29.6 Å². The summed E-state index contributed by atoms with van der Waals surface area (Å²) in [5.41, 5.74) is -0.558. The first-order chi connectivity index (χ1) is 22.1. The molecule has 1 aliphatic carbocycles. The van der Waals surface area contributed by atoms with Crippen molar-refractivity contribution in [1.82, 2.24) is 7.94 Å². The Hall–Kier alpha value is -2.68. The Kier molecular flexibility index (Phi) is 7.51. The molecule has 0 radical (unpaired) electrons. The summed E-state index contributed by atoms with van der Waals surface area (Å²) in [6.45, 7) is 13.7. The highest BCUT2D eigenvalue weighted by atomic mass is 32.2. The van der Waals surface area contributed by atoms with E-state index in [4.69, 9.17) is 18.6 Å². The fraction of sp³-hybridized carbons (Fsp3) is 0.515. The van der Waals surface area contributed by atoms with Gasteiger partial charge in [0.25, 0.3) is 0 Å². The molecule has 0 N–H and O–H groups in total. The zero-order chi connectivity index (χ0) is 34.8. The lowest BCUT2D eigenvalue weighted by Crippen LogP contribution is -2.48. The zero-order valence-electron chi connectivity index (χ0n) is 28.5. The van der Waals surface area contributed by atoms with Gasteiger partial charge in [-0.2, -0.15) is 0 Å². The first-order valence-electron chi connectivity index (χ1n) is 16.2. The van der Waals surface area contributed by atoms with Crippen LogP contribution in [0.15, 0.2) is 48.8 Å². The minimum absolute atomic E-state index is 0.0664. The summed E-state index contributed by atoms with van der Waals surface area (Å²) in [4.78, 5) is 0. The number of hydrogen-bond donors (Lipinski definition) is 0. The van der Waals surface area contributed by atoms with Crippen LogP contribution in [0.2, 0.25) is 0 Å². The van der Waals surface area contributed by atoms with Crippen LogP contribution in [0.5, 0.6) is 0 Å². The lowest BCUT2D eigenvalue weighted by atomic mass is 9.70. The second kappa shape index (κ2) is 10.7. The van der Waals surface area contributed by atoms with E-state index >= 15 is 4.39 Å². The number of fused-ring (bicyclic) bond motifs is 2. The van der Waals surface area contributed by atoms with E-state index in [0.29, 0.717) is 28.2 Å². The quantitative estimate of drug-likeness (QED) is 0.255. The molecule has 1 atom stereocenters. The smallest absolute Gasteiger partial charge is 0.399 e. The summed E-state index contributed by atoms with van der Waals surface area (Å²) in [7, 11) is -9.05. The third kappa shape index (κ3) is 5.36. The van der Waals surface area contributed by atoms with Crippen molar-refractivity contribution >= 4 is 67.0 Å². The molecule has 15 heteroatoms. The predicted molar refractivity (Wildman–Crippen MR) is 185 cm³/mol. The normalized spacial score (nSPS) is 23.9. The number of benzene rings is 2. The lowest BCUT2D eigenvalue weighted by molar-refractivity contribution is -0.00863. The summed E-state index contributed by atoms with van der Waals surface area (Å²) in [6.07, 6.45) is 6.14. The van der Waals surface area contributed by atoms with Crippen LogP contribution in [-0.2, 0) is 45.1 Å². The fourth-order valence-corrected chi connectivity index (χ4v) is 9.39. The highest BCUT2D eigenvalue weighted by Crippen LogP contribution is 2.42. The summed E-state index contributed by atoms with van der Waals surface area (Å²) >= 11 is 0. The van der Waals surface area contributed by atoms with Gasteiger partial charge >= 0.3 is 14.2 Å². The third-order valence-electron chi connectivity index (χ3n) is 10.9. The van der Waals surface area contributed by atoms with E-state index in [1.165, 1.54) is 16.2 Å². The monoisotopic (exact) mass is 698 g/mol. The van der Waals surface area contributed by atoms with E-state index < -0.39 is 62.5 Å². The van der Waals surface area contributed by atoms with Crippen LogP contribution in [0.25, 0.3) is 21.8 Å². The summed E-state index contributed by atoms with van der Waals surface area (Å²) in [6, 6.07) is 9.88. The van der Waals surface area contributed by atoms with Crippen LogP contribution >= 0.6 is 0 Å². The fourth-order valence-electron chi connectivity index (χ4n) is 6.79. The topological polar surface area (TPSA) is 115 Å². The molecule has 4 heterocycles. The predicted octanol–water partition coefficient (Wildman–Crippen LogP) is 3.95. The Morgan fingerprint density at radius 1 is 0.771 bits per heavy atom. The molecule has 10 nitrogen and oxygen atoms in total. The molecule has 4 aromatic rings. The van der Waals surface area contributed by atoms with E-state index in [1.807, 2.05) is 66.7 Å². The van der Waals surface area contributed by atoms with Crippen LogP contribution in [0, 0.1) is 11.7 Å². The molecule has 0 amide bonds. The average Bonchev–Trinajstić information content (AvgIpc) is 3.28. The molecule has 7 rings (SSSR count). The van der Waals surface area contributed by atoms with E-state index in [-0.39, 0.29) is 17.2 Å². The van der Waals surface area contributed by atoms with Crippen molar-refractivity contribution < 1.29 is 39.8 Å². The van der Waals surface area contributed by atoms with E-state index in [0.717, 1.165) is 34.1 Å². The average molecular weight is 698 g/mol. The molecule has 3 fully saturated rings. The minimum atomic E-state index is -3.76. The van der Waals surface area contributed by atoms with Gasteiger partial charge in [0.15, 0.2) is 0 Å². The molecular formula is C33H41B2FN2O8S2. The molecule has 3 aliphatic rings. The molecular weight excluding hydrogens is 657 g/mol. The standard InChI is InChI=1S/C33H41B2FN2O8S2/c1-30(2)31(3,4)44-35(43-30)28-22(11-14-27-24(28)16-17-37(27)48(41,42)20-21-9-10-21)19-33(7)32(5,6)45-34(46-33)25-12-13-26(36)29-23(25)15-18-38(29)47(8,39)40/h11-18,21H,9-10,19-20H2,1-8H3. The van der Waals surface area contributed by atoms with Crippen LogP contribution < -0.4 is 10.9 Å². The van der Waals surface area contributed by atoms with Crippen molar-refractivity contribution in [3.63, 3.8) is 0 Å². The number of hydrogen-bond acceptors (Lipinski definition) is 8. The van der Waals surface area contributed by atoms with Crippen LogP contribution in [0.4, 0.5) is 4.39 Å². The van der Waals surface area contributed by atoms with Gasteiger partial charge in [-0.15, -0.1) is 0 Å². The number of halogens is 1. The van der Waals surface area contributed by atoms with Crippen LogP contribution in [-0.4, -0.2) is 73.4 Å². The molecule has 2 aromatic carbocycles. The van der Waals surface area contributed by atoms with Gasteiger partial charge in [0.1, 0.15) is 5.82 Å². The molecule has 48 heavy (non-hydrogen) atoms.